The minimum absolute atomic E-state index is 0.0209. The molecule has 0 radical (unpaired) electrons. The standard InChI is InChI=1S/C19H21NO3/c1-4-20(5-2)18-12-16(21)19-15-11-14(22-6-3)9-7-13(15)8-10-17(19)23-18/h7-12H,4-6H2,1-3H3. The van der Waals surface area contributed by atoms with Gasteiger partial charge in [-0.15, -0.1) is 0 Å². The molecule has 0 spiro atoms. The number of benzene rings is 2. The van der Waals surface area contributed by atoms with Gasteiger partial charge in [-0.05, 0) is 44.4 Å². The van der Waals surface area contributed by atoms with E-state index in [-0.39, 0.29) is 5.43 Å². The highest BCUT2D eigenvalue weighted by Gasteiger charge is 2.12. The maximum Gasteiger partial charge on any atom is 0.199 e. The Morgan fingerprint density at radius 2 is 1.78 bits per heavy atom. The Bertz CT molecular complexity index is 894. The lowest BCUT2D eigenvalue weighted by Crippen LogP contribution is -2.23. The zero-order valence-corrected chi connectivity index (χ0v) is 13.8. The van der Waals surface area contributed by atoms with Crippen LogP contribution in [0.25, 0.3) is 21.7 Å². The van der Waals surface area contributed by atoms with Crippen LogP contribution >= 0.6 is 0 Å². The van der Waals surface area contributed by atoms with E-state index in [2.05, 4.69) is 0 Å². The summed E-state index contributed by atoms with van der Waals surface area (Å²) in [5.41, 5.74) is 0.591. The summed E-state index contributed by atoms with van der Waals surface area (Å²) < 4.78 is 11.5. The van der Waals surface area contributed by atoms with Crippen molar-refractivity contribution in [1.29, 1.82) is 0 Å². The second-order valence-corrected chi connectivity index (χ2v) is 5.38. The molecule has 0 N–H and O–H groups in total. The van der Waals surface area contributed by atoms with E-state index in [9.17, 15) is 4.79 Å². The van der Waals surface area contributed by atoms with Crippen molar-refractivity contribution in [3.05, 3.63) is 46.6 Å². The molecule has 0 bridgehead atoms. The molecule has 0 aliphatic carbocycles. The Kier molecular flexibility index (Phi) is 4.24. The second kappa shape index (κ2) is 6.32. The van der Waals surface area contributed by atoms with Gasteiger partial charge < -0.3 is 14.1 Å². The van der Waals surface area contributed by atoms with Gasteiger partial charge in [0.25, 0.3) is 0 Å². The van der Waals surface area contributed by atoms with Crippen molar-refractivity contribution in [2.75, 3.05) is 24.6 Å². The first-order valence-corrected chi connectivity index (χ1v) is 8.06. The van der Waals surface area contributed by atoms with E-state index in [1.807, 2.05) is 56.0 Å². The zero-order chi connectivity index (χ0) is 16.4. The van der Waals surface area contributed by atoms with Crippen molar-refractivity contribution in [3.8, 4) is 5.75 Å². The first kappa shape index (κ1) is 15.4. The topological polar surface area (TPSA) is 42.7 Å². The molecule has 4 nitrogen and oxygen atoms in total. The number of ether oxygens (including phenoxy) is 1. The quantitative estimate of drug-likeness (QED) is 0.663. The SMILES string of the molecule is CCOc1ccc2ccc3oc(N(CC)CC)cc(=O)c3c2c1. The average Bonchev–Trinajstić information content (AvgIpc) is 2.55. The predicted molar refractivity (Wildman–Crippen MR) is 94.7 cm³/mol. The molecule has 0 aliphatic heterocycles. The first-order valence-electron chi connectivity index (χ1n) is 8.06. The summed E-state index contributed by atoms with van der Waals surface area (Å²) in [5, 5.41) is 2.48. The molecule has 0 saturated heterocycles. The van der Waals surface area contributed by atoms with Crippen LogP contribution in [0, 0.1) is 0 Å². The van der Waals surface area contributed by atoms with Crippen molar-refractivity contribution in [1.82, 2.24) is 0 Å². The summed E-state index contributed by atoms with van der Waals surface area (Å²) in [4.78, 5) is 14.7. The van der Waals surface area contributed by atoms with Crippen LogP contribution in [0.15, 0.2) is 45.6 Å². The molecule has 2 aromatic carbocycles. The molecule has 4 heteroatoms. The molecule has 1 aromatic heterocycles. The largest absolute Gasteiger partial charge is 0.494 e. The fourth-order valence-electron chi connectivity index (χ4n) is 2.89. The van der Waals surface area contributed by atoms with Crippen LogP contribution in [0.3, 0.4) is 0 Å². The van der Waals surface area contributed by atoms with E-state index in [1.54, 1.807) is 6.07 Å². The fourth-order valence-corrected chi connectivity index (χ4v) is 2.89. The number of nitrogens with zero attached hydrogens (tertiary/aromatic N) is 1. The van der Waals surface area contributed by atoms with Gasteiger partial charge in [0.1, 0.15) is 11.3 Å². The Morgan fingerprint density at radius 3 is 2.48 bits per heavy atom. The molecule has 0 unspecified atom stereocenters. The van der Waals surface area contributed by atoms with Crippen LogP contribution < -0.4 is 15.1 Å². The highest BCUT2D eigenvalue weighted by Crippen LogP contribution is 2.29. The van der Waals surface area contributed by atoms with Crippen LogP contribution in [0.4, 0.5) is 5.88 Å². The minimum atomic E-state index is -0.0209. The third-order valence-electron chi connectivity index (χ3n) is 4.06. The van der Waals surface area contributed by atoms with Gasteiger partial charge in [-0.3, -0.25) is 4.79 Å². The molecule has 0 aliphatic rings. The van der Waals surface area contributed by atoms with Gasteiger partial charge in [-0.25, -0.2) is 0 Å². The minimum Gasteiger partial charge on any atom is -0.494 e. The van der Waals surface area contributed by atoms with Crippen LogP contribution in [-0.2, 0) is 0 Å². The van der Waals surface area contributed by atoms with E-state index in [0.717, 1.165) is 29.6 Å². The summed E-state index contributed by atoms with van der Waals surface area (Å²) in [6, 6.07) is 11.2. The smallest absolute Gasteiger partial charge is 0.199 e. The second-order valence-electron chi connectivity index (χ2n) is 5.38. The maximum absolute atomic E-state index is 12.7. The molecule has 0 amide bonds. The Labute approximate surface area is 135 Å². The summed E-state index contributed by atoms with van der Waals surface area (Å²) in [5.74, 6) is 1.38. The molecular formula is C19H21NO3. The highest BCUT2D eigenvalue weighted by molar-refractivity contribution is 6.06. The van der Waals surface area contributed by atoms with Gasteiger partial charge in [-0.2, -0.15) is 0 Å². The summed E-state index contributed by atoms with van der Waals surface area (Å²) >= 11 is 0. The maximum atomic E-state index is 12.7. The van der Waals surface area contributed by atoms with Crippen LogP contribution in [0.1, 0.15) is 20.8 Å². The molecule has 3 rings (SSSR count). The van der Waals surface area contributed by atoms with E-state index >= 15 is 0 Å². The van der Waals surface area contributed by atoms with Gasteiger partial charge in [-0.1, -0.05) is 12.1 Å². The summed E-state index contributed by atoms with van der Waals surface area (Å²) in [7, 11) is 0. The molecule has 23 heavy (non-hydrogen) atoms. The van der Waals surface area contributed by atoms with Crippen molar-refractivity contribution in [2.45, 2.75) is 20.8 Å². The van der Waals surface area contributed by atoms with Crippen molar-refractivity contribution in [3.63, 3.8) is 0 Å². The van der Waals surface area contributed by atoms with Crippen molar-refractivity contribution < 1.29 is 9.15 Å². The monoisotopic (exact) mass is 311 g/mol. The van der Waals surface area contributed by atoms with E-state index < -0.39 is 0 Å². The summed E-state index contributed by atoms with van der Waals surface area (Å²) in [6.45, 7) is 8.22. The lowest BCUT2D eigenvalue weighted by atomic mass is 10.1. The van der Waals surface area contributed by atoms with Gasteiger partial charge >= 0.3 is 0 Å². The normalized spacial score (nSPS) is 11.1. The number of rotatable bonds is 5. The molecule has 120 valence electrons. The number of hydrogen-bond donors (Lipinski definition) is 0. The molecule has 3 aromatic rings. The Hall–Kier alpha value is -2.49. The lowest BCUT2D eigenvalue weighted by molar-refractivity contribution is 0.341. The predicted octanol–water partition coefficient (Wildman–Crippen LogP) is 4.19. The van der Waals surface area contributed by atoms with E-state index in [0.29, 0.717) is 23.5 Å². The third kappa shape index (κ3) is 2.77. The third-order valence-corrected chi connectivity index (χ3v) is 4.06. The zero-order valence-electron chi connectivity index (χ0n) is 13.8. The van der Waals surface area contributed by atoms with Gasteiger partial charge in [0.05, 0.1) is 12.0 Å². The first-order chi connectivity index (χ1) is 11.2. The van der Waals surface area contributed by atoms with Crippen LogP contribution in [0.2, 0.25) is 0 Å². The van der Waals surface area contributed by atoms with Crippen molar-refractivity contribution >= 4 is 27.6 Å². The Balaban J connectivity index is 2.27. The highest BCUT2D eigenvalue weighted by atomic mass is 16.5. The molecule has 0 atom stereocenters. The fraction of sp³-hybridized carbons (Fsp3) is 0.316. The lowest BCUT2D eigenvalue weighted by Gasteiger charge is -2.19. The Morgan fingerprint density at radius 1 is 1.04 bits per heavy atom. The van der Waals surface area contributed by atoms with Crippen LogP contribution in [-0.4, -0.2) is 19.7 Å². The van der Waals surface area contributed by atoms with E-state index in [4.69, 9.17) is 9.15 Å². The van der Waals surface area contributed by atoms with Gasteiger partial charge in [0, 0.05) is 24.5 Å². The number of hydrogen-bond acceptors (Lipinski definition) is 4. The molecular weight excluding hydrogens is 290 g/mol. The molecule has 0 fully saturated rings. The number of anilines is 1. The van der Waals surface area contributed by atoms with Crippen molar-refractivity contribution in [2.24, 2.45) is 0 Å². The van der Waals surface area contributed by atoms with Gasteiger partial charge in [0.2, 0.25) is 0 Å². The number of fused-ring (bicyclic) bond motifs is 3. The molecule has 1 heterocycles. The van der Waals surface area contributed by atoms with Gasteiger partial charge in [0.15, 0.2) is 11.3 Å². The van der Waals surface area contributed by atoms with Crippen LogP contribution in [0.5, 0.6) is 5.75 Å². The molecule has 0 saturated carbocycles. The summed E-state index contributed by atoms with van der Waals surface area (Å²) in [6.07, 6.45) is 0. The average molecular weight is 311 g/mol. The van der Waals surface area contributed by atoms with E-state index in [1.165, 1.54) is 0 Å².